The molecule has 0 saturated carbocycles. The minimum absolute atomic E-state index is 0.0415. The SMILES string of the molecule is Cc1c(C#N)c(NC(=O)CN2CCCC[C@@H]2C)n(Cc2cccs2)c1C. The van der Waals surface area contributed by atoms with Crippen molar-refractivity contribution in [2.45, 2.75) is 52.6 Å². The monoisotopic (exact) mass is 370 g/mol. The van der Waals surface area contributed by atoms with Crippen LogP contribution in [0.1, 0.15) is 47.9 Å². The van der Waals surface area contributed by atoms with Crippen molar-refractivity contribution < 1.29 is 4.79 Å². The van der Waals surface area contributed by atoms with Gasteiger partial charge in [0, 0.05) is 16.6 Å². The number of hydrogen-bond donors (Lipinski definition) is 1. The first-order chi connectivity index (χ1) is 12.5. The number of amides is 1. The second-order valence-corrected chi connectivity index (χ2v) is 8.11. The molecule has 1 aliphatic rings. The van der Waals surface area contributed by atoms with Gasteiger partial charge in [-0.25, -0.2) is 0 Å². The van der Waals surface area contributed by atoms with Gasteiger partial charge in [-0.15, -0.1) is 11.3 Å². The topological polar surface area (TPSA) is 61.1 Å². The minimum Gasteiger partial charge on any atom is -0.325 e. The summed E-state index contributed by atoms with van der Waals surface area (Å²) in [6, 6.07) is 6.81. The molecule has 1 atom stereocenters. The predicted molar refractivity (Wildman–Crippen MR) is 106 cm³/mol. The number of likely N-dealkylation sites (tertiary alicyclic amines) is 1. The molecule has 3 heterocycles. The summed E-state index contributed by atoms with van der Waals surface area (Å²) in [5.74, 6) is 0.589. The van der Waals surface area contributed by atoms with Gasteiger partial charge in [-0.2, -0.15) is 5.26 Å². The van der Waals surface area contributed by atoms with Gasteiger partial charge in [-0.1, -0.05) is 12.5 Å². The lowest BCUT2D eigenvalue weighted by Crippen LogP contribution is -2.42. The normalized spacial score (nSPS) is 17.8. The highest BCUT2D eigenvalue weighted by molar-refractivity contribution is 7.09. The second-order valence-electron chi connectivity index (χ2n) is 7.07. The van der Waals surface area contributed by atoms with Crippen LogP contribution in [0.3, 0.4) is 0 Å². The largest absolute Gasteiger partial charge is 0.325 e. The minimum atomic E-state index is -0.0415. The number of nitriles is 1. The van der Waals surface area contributed by atoms with Gasteiger partial charge in [-0.05, 0) is 57.2 Å². The van der Waals surface area contributed by atoms with Crippen LogP contribution in [0.15, 0.2) is 17.5 Å². The van der Waals surface area contributed by atoms with Crippen LogP contribution in [0.4, 0.5) is 5.82 Å². The summed E-state index contributed by atoms with van der Waals surface area (Å²) in [7, 11) is 0. The molecule has 2 aromatic rings. The van der Waals surface area contributed by atoms with Gasteiger partial charge in [0.1, 0.15) is 11.9 Å². The molecular formula is C20H26N4OS. The Labute approximate surface area is 159 Å². The lowest BCUT2D eigenvalue weighted by Gasteiger charge is -2.32. The zero-order valence-electron chi connectivity index (χ0n) is 15.7. The molecule has 3 rings (SSSR count). The highest BCUT2D eigenvalue weighted by Crippen LogP contribution is 2.28. The van der Waals surface area contributed by atoms with E-state index in [1.807, 2.05) is 25.3 Å². The lowest BCUT2D eigenvalue weighted by molar-refractivity contribution is -0.118. The van der Waals surface area contributed by atoms with Crippen LogP contribution in [0.25, 0.3) is 0 Å². The van der Waals surface area contributed by atoms with E-state index >= 15 is 0 Å². The lowest BCUT2D eigenvalue weighted by atomic mass is 10.0. The van der Waals surface area contributed by atoms with Crippen LogP contribution in [-0.2, 0) is 11.3 Å². The number of carbonyl (C=O) groups excluding carboxylic acids is 1. The molecule has 0 unspecified atom stereocenters. The molecule has 5 nitrogen and oxygen atoms in total. The number of anilines is 1. The molecule has 0 aromatic carbocycles. The van der Waals surface area contributed by atoms with Crippen LogP contribution >= 0.6 is 11.3 Å². The van der Waals surface area contributed by atoms with E-state index in [0.29, 0.717) is 30.5 Å². The quantitative estimate of drug-likeness (QED) is 0.868. The molecule has 6 heteroatoms. The van der Waals surface area contributed by atoms with Crippen molar-refractivity contribution in [3.63, 3.8) is 0 Å². The molecule has 0 bridgehead atoms. The Morgan fingerprint density at radius 2 is 2.23 bits per heavy atom. The molecule has 138 valence electrons. The molecule has 1 amide bonds. The zero-order chi connectivity index (χ0) is 18.7. The molecule has 1 fully saturated rings. The van der Waals surface area contributed by atoms with E-state index in [1.165, 1.54) is 11.3 Å². The second kappa shape index (κ2) is 8.07. The number of nitrogens with one attached hydrogen (secondary N) is 1. The first-order valence-corrected chi connectivity index (χ1v) is 10.0. The standard InChI is InChI=1S/C20H26N4OS/c1-14-7-4-5-9-23(14)13-19(25)22-20-18(11-21)15(2)16(3)24(20)12-17-8-6-10-26-17/h6,8,10,14H,4-5,7,9,12-13H2,1-3H3,(H,22,25)/t14-/m0/s1. The molecule has 2 aromatic heterocycles. The molecule has 0 spiro atoms. The molecular weight excluding hydrogens is 344 g/mol. The molecule has 0 aliphatic carbocycles. The predicted octanol–water partition coefficient (Wildman–Crippen LogP) is 3.90. The summed E-state index contributed by atoms with van der Waals surface area (Å²) in [6.07, 6.45) is 3.53. The van der Waals surface area contributed by atoms with Gasteiger partial charge < -0.3 is 9.88 Å². The first-order valence-electron chi connectivity index (χ1n) is 9.17. The van der Waals surface area contributed by atoms with Gasteiger partial charge in [0.05, 0.1) is 18.7 Å². The average molecular weight is 371 g/mol. The van der Waals surface area contributed by atoms with E-state index in [9.17, 15) is 10.1 Å². The number of rotatable bonds is 5. The average Bonchev–Trinajstić information content (AvgIpc) is 3.20. The van der Waals surface area contributed by atoms with Crippen molar-refractivity contribution >= 4 is 23.1 Å². The number of carbonyl (C=O) groups is 1. The Hall–Kier alpha value is -2.10. The summed E-state index contributed by atoms with van der Waals surface area (Å²) in [5, 5.41) is 14.7. The Morgan fingerprint density at radius 3 is 2.88 bits per heavy atom. The fraction of sp³-hybridized carbons (Fsp3) is 0.500. The zero-order valence-corrected chi connectivity index (χ0v) is 16.5. The van der Waals surface area contributed by atoms with Crippen molar-refractivity contribution in [1.82, 2.24) is 9.47 Å². The van der Waals surface area contributed by atoms with Crippen LogP contribution in [0.5, 0.6) is 0 Å². The number of piperidine rings is 1. The molecule has 1 N–H and O–H groups in total. The third kappa shape index (κ3) is 3.84. The van der Waals surface area contributed by atoms with E-state index in [1.54, 1.807) is 11.3 Å². The number of aromatic nitrogens is 1. The van der Waals surface area contributed by atoms with Gasteiger partial charge in [0.2, 0.25) is 5.91 Å². The Balaban J connectivity index is 1.82. The van der Waals surface area contributed by atoms with Crippen LogP contribution in [0, 0.1) is 25.2 Å². The number of hydrogen-bond acceptors (Lipinski definition) is 4. The highest BCUT2D eigenvalue weighted by atomic mass is 32.1. The molecule has 1 saturated heterocycles. The molecule has 0 radical (unpaired) electrons. The Morgan fingerprint density at radius 1 is 1.42 bits per heavy atom. The third-order valence-electron chi connectivity index (χ3n) is 5.38. The van der Waals surface area contributed by atoms with Gasteiger partial charge in [0.15, 0.2) is 0 Å². The fourth-order valence-corrected chi connectivity index (χ4v) is 4.33. The van der Waals surface area contributed by atoms with E-state index in [4.69, 9.17) is 0 Å². The summed E-state index contributed by atoms with van der Waals surface area (Å²) in [4.78, 5) is 16.1. The van der Waals surface area contributed by atoms with Gasteiger partial charge in [-0.3, -0.25) is 9.69 Å². The Kier molecular flexibility index (Phi) is 5.80. The maximum absolute atomic E-state index is 12.7. The fourth-order valence-electron chi connectivity index (χ4n) is 3.63. The van der Waals surface area contributed by atoms with Crippen LogP contribution in [0.2, 0.25) is 0 Å². The summed E-state index contributed by atoms with van der Waals surface area (Å²) in [6.45, 7) is 8.15. The van der Waals surface area contributed by atoms with E-state index < -0.39 is 0 Å². The summed E-state index contributed by atoms with van der Waals surface area (Å²) >= 11 is 1.68. The molecule has 26 heavy (non-hydrogen) atoms. The number of nitrogens with zero attached hydrogens (tertiary/aromatic N) is 3. The summed E-state index contributed by atoms with van der Waals surface area (Å²) in [5.41, 5.74) is 2.53. The number of thiophene rings is 1. The van der Waals surface area contributed by atoms with Gasteiger partial charge >= 0.3 is 0 Å². The smallest absolute Gasteiger partial charge is 0.239 e. The van der Waals surface area contributed by atoms with Gasteiger partial charge in [0.25, 0.3) is 0 Å². The summed E-state index contributed by atoms with van der Waals surface area (Å²) < 4.78 is 2.05. The Bertz CT molecular complexity index is 816. The van der Waals surface area contributed by atoms with E-state index in [2.05, 4.69) is 33.8 Å². The highest BCUT2D eigenvalue weighted by Gasteiger charge is 2.23. The first kappa shape index (κ1) is 18.7. The van der Waals surface area contributed by atoms with Crippen molar-refractivity contribution in [3.05, 3.63) is 39.2 Å². The maximum Gasteiger partial charge on any atom is 0.239 e. The van der Waals surface area contributed by atoms with Crippen LogP contribution < -0.4 is 5.32 Å². The van der Waals surface area contributed by atoms with E-state index in [-0.39, 0.29) is 5.91 Å². The van der Waals surface area contributed by atoms with E-state index in [0.717, 1.165) is 30.6 Å². The third-order valence-corrected chi connectivity index (χ3v) is 6.24. The maximum atomic E-state index is 12.7. The van der Waals surface area contributed by atoms with Crippen molar-refractivity contribution in [2.75, 3.05) is 18.4 Å². The molecule has 1 aliphatic heterocycles. The van der Waals surface area contributed by atoms with Crippen LogP contribution in [-0.4, -0.2) is 34.5 Å². The van der Waals surface area contributed by atoms with Crippen molar-refractivity contribution in [3.8, 4) is 6.07 Å². The van der Waals surface area contributed by atoms with Crippen molar-refractivity contribution in [1.29, 1.82) is 5.26 Å². The van der Waals surface area contributed by atoms with Crippen molar-refractivity contribution in [2.24, 2.45) is 0 Å².